The van der Waals surface area contributed by atoms with Crippen LogP contribution in [0, 0.1) is 13.8 Å². The van der Waals surface area contributed by atoms with E-state index in [0.717, 1.165) is 11.1 Å². The highest BCUT2D eigenvalue weighted by molar-refractivity contribution is 5.39. The van der Waals surface area contributed by atoms with Crippen molar-refractivity contribution in [1.82, 2.24) is 4.98 Å². The molecule has 0 saturated carbocycles. The van der Waals surface area contributed by atoms with Crippen molar-refractivity contribution in [1.29, 1.82) is 0 Å². The molecule has 0 radical (unpaired) electrons. The lowest BCUT2D eigenvalue weighted by molar-refractivity contribution is 1.23. The number of hydrogen-bond donors (Lipinski definition) is 1. The molecule has 0 amide bonds. The maximum atomic E-state index is 5.48. The zero-order chi connectivity index (χ0) is 8.85. The summed E-state index contributed by atoms with van der Waals surface area (Å²) in [5, 5.41) is 0. The molecule has 1 aromatic rings. The lowest BCUT2D eigenvalue weighted by Crippen LogP contribution is -1.93. The van der Waals surface area contributed by atoms with E-state index in [9.17, 15) is 0 Å². The average molecular weight is 152 g/mol. The van der Waals surface area contributed by atoms with Gasteiger partial charge in [0.2, 0.25) is 0 Å². The molecule has 0 unspecified atom stereocenters. The van der Waals surface area contributed by atoms with Crippen molar-refractivity contribution < 1.29 is 0 Å². The van der Waals surface area contributed by atoms with Crippen LogP contribution >= 0.6 is 0 Å². The number of aromatic nitrogens is 1. The molecular formula is C9H16N2. The quantitative estimate of drug-likeness (QED) is 0.619. The fourth-order valence-corrected chi connectivity index (χ4v) is 0.726. The molecule has 0 aliphatic rings. The maximum absolute atomic E-state index is 5.48. The molecule has 0 spiro atoms. The number of rotatable bonds is 0. The Morgan fingerprint density at radius 2 is 1.82 bits per heavy atom. The third-order valence-corrected chi connectivity index (χ3v) is 1.26. The molecule has 0 saturated heterocycles. The molecule has 62 valence electrons. The number of pyridine rings is 1. The van der Waals surface area contributed by atoms with Gasteiger partial charge in [0.1, 0.15) is 5.82 Å². The Bertz CT molecular complexity index is 219. The summed E-state index contributed by atoms with van der Waals surface area (Å²) in [7, 11) is 0. The highest BCUT2D eigenvalue weighted by Crippen LogP contribution is 2.06. The van der Waals surface area contributed by atoms with Gasteiger partial charge < -0.3 is 5.73 Å². The van der Waals surface area contributed by atoms with Crippen LogP contribution in [-0.2, 0) is 0 Å². The van der Waals surface area contributed by atoms with Crippen molar-refractivity contribution in [2.24, 2.45) is 0 Å². The lowest BCUT2D eigenvalue weighted by atomic mass is 10.2. The molecule has 2 N–H and O–H groups in total. The van der Waals surface area contributed by atoms with Gasteiger partial charge in [-0.3, -0.25) is 0 Å². The SMILES string of the molecule is CC.Cc1cnc(N)c(C)c1. The van der Waals surface area contributed by atoms with Gasteiger partial charge in [0.25, 0.3) is 0 Å². The summed E-state index contributed by atoms with van der Waals surface area (Å²) in [4.78, 5) is 3.96. The third kappa shape index (κ3) is 3.03. The van der Waals surface area contributed by atoms with E-state index in [1.807, 2.05) is 33.8 Å². The van der Waals surface area contributed by atoms with E-state index in [1.165, 1.54) is 0 Å². The maximum Gasteiger partial charge on any atom is 0.126 e. The van der Waals surface area contributed by atoms with Crippen molar-refractivity contribution in [2.45, 2.75) is 27.7 Å². The lowest BCUT2D eigenvalue weighted by Gasteiger charge is -1.97. The highest BCUT2D eigenvalue weighted by atomic mass is 14.8. The van der Waals surface area contributed by atoms with Crippen LogP contribution < -0.4 is 5.73 Å². The van der Waals surface area contributed by atoms with Crippen LogP contribution in [0.2, 0.25) is 0 Å². The van der Waals surface area contributed by atoms with Gasteiger partial charge in [-0.2, -0.15) is 0 Å². The number of nitrogen functional groups attached to an aromatic ring is 1. The van der Waals surface area contributed by atoms with Crippen molar-refractivity contribution in [3.63, 3.8) is 0 Å². The molecule has 0 aliphatic carbocycles. The van der Waals surface area contributed by atoms with Crippen LogP contribution in [0.5, 0.6) is 0 Å². The summed E-state index contributed by atoms with van der Waals surface area (Å²) in [6.45, 7) is 7.95. The summed E-state index contributed by atoms with van der Waals surface area (Å²) in [5.74, 6) is 0.626. The predicted octanol–water partition coefficient (Wildman–Crippen LogP) is 2.31. The second-order valence-electron chi connectivity index (χ2n) is 2.21. The van der Waals surface area contributed by atoms with E-state index in [0.29, 0.717) is 5.82 Å². The Labute approximate surface area is 68.5 Å². The fraction of sp³-hybridized carbons (Fsp3) is 0.444. The summed E-state index contributed by atoms with van der Waals surface area (Å²) < 4.78 is 0. The van der Waals surface area contributed by atoms with Gasteiger partial charge in [0.15, 0.2) is 0 Å². The highest BCUT2D eigenvalue weighted by Gasteiger charge is 1.91. The van der Waals surface area contributed by atoms with E-state index >= 15 is 0 Å². The molecule has 1 aromatic heterocycles. The van der Waals surface area contributed by atoms with E-state index < -0.39 is 0 Å². The van der Waals surface area contributed by atoms with Gasteiger partial charge >= 0.3 is 0 Å². The zero-order valence-electron chi connectivity index (χ0n) is 7.68. The van der Waals surface area contributed by atoms with Gasteiger partial charge in [-0.15, -0.1) is 0 Å². The van der Waals surface area contributed by atoms with Crippen LogP contribution in [-0.4, -0.2) is 4.98 Å². The molecular weight excluding hydrogens is 136 g/mol. The monoisotopic (exact) mass is 152 g/mol. The van der Waals surface area contributed by atoms with Gasteiger partial charge in [-0.1, -0.05) is 19.9 Å². The summed E-state index contributed by atoms with van der Waals surface area (Å²) in [6, 6.07) is 2.02. The number of anilines is 1. The van der Waals surface area contributed by atoms with Crippen molar-refractivity contribution >= 4 is 5.82 Å². The van der Waals surface area contributed by atoms with Crippen molar-refractivity contribution in [3.8, 4) is 0 Å². The Morgan fingerprint density at radius 3 is 2.18 bits per heavy atom. The minimum atomic E-state index is 0.626. The molecule has 11 heavy (non-hydrogen) atoms. The standard InChI is InChI=1S/C7H10N2.C2H6/c1-5-3-6(2)7(8)9-4-5;1-2/h3-4H,1-2H3,(H2,8,9);1-2H3. The zero-order valence-corrected chi connectivity index (χ0v) is 7.68. The molecule has 0 fully saturated rings. The van der Waals surface area contributed by atoms with Crippen molar-refractivity contribution in [2.75, 3.05) is 5.73 Å². The second kappa shape index (κ2) is 4.72. The van der Waals surface area contributed by atoms with Crippen LogP contribution in [0.4, 0.5) is 5.82 Å². The van der Waals surface area contributed by atoms with Crippen LogP contribution in [0.15, 0.2) is 12.3 Å². The molecule has 0 atom stereocenters. The van der Waals surface area contributed by atoms with Gasteiger partial charge in [-0.25, -0.2) is 4.98 Å². The predicted molar refractivity (Wildman–Crippen MR) is 49.5 cm³/mol. The largest absolute Gasteiger partial charge is 0.383 e. The number of hydrogen-bond acceptors (Lipinski definition) is 2. The average Bonchev–Trinajstić information content (AvgIpc) is 2.02. The first-order chi connectivity index (χ1) is 5.20. The van der Waals surface area contributed by atoms with Crippen LogP contribution in [0.3, 0.4) is 0 Å². The van der Waals surface area contributed by atoms with Gasteiger partial charge in [-0.05, 0) is 25.0 Å². The van der Waals surface area contributed by atoms with Crippen LogP contribution in [0.1, 0.15) is 25.0 Å². The third-order valence-electron chi connectivity index (χ3n) is 1.26. The molecule has 2 nitrogen and oxygen atoms in total. The fourth-order valence-electron chi connectivity index (χ4n) is 0.726. The summed E-state index contributed by atoms with van der Waals surface area (Å²) in [5.41, 5.74) is 7.68. The number of nitrogens with zero attached hydrogens (tertiary/aromatic N) is 1. The summed E-state index contributed by atoms with van der Waals surface area (Å²) in [6.07, 6.45) is 1.77. The Kier molecular flexibility index (Phi) is 4.27. The normalized spacial score (nSPS) is 8.36. The van der Waals surface area contributed by atoms with E-state index in [4.69, 9.17) is 5.73 Å². The second-order valence-corrected chi connectivity index (χ2v) is 2.21. The van der Waals surface area contributed by atoms with E-state index in [-0.39, 0.29) is 0 Å². The minimum Gasteiger partial charge on any atom is -0.383 e. The molecule has 1 rings (SSSR count). The number of aryl methyl sites for hydroxylation is 2. The minimum absolute atomic E-state index is 0.626. The Morgan fingerprint density at radius 1 is 1.27 bits per heavy atom. The molecule has 2 heteroatoms. The molecule has 0 bridgehead atoms. The first-order valence-electron chi connectivity index (χ1n) is 3.89. The number of nitrogens with two attached hydrogens (primary N) is 1. The first-order valence-corrected chi connectivity index (χ1v) is 3.89. The van der Waals surface area contributed by atoms with E-state index in [2.05, 4.69) is 4.98 Å². The Balaban J connectivity index is 0.000000461. The molecule has 0 aromatic carbocycles. The van der Waals surface area contributed by atoms with Gasteiger partial charge in [0, 0.05) is 6.20 Å². The van der Waals surface area contributed by atoms with Crippen LogP contribution in [0.25, 0.3) is 0 Å². The van der Waals surface area contributed by atoms with Crippen molar-refractivity contribution in [3.05, 3.63) is 23.4 Å². The molecule has 1 heterocycles. The summed E-state index contributed by atoms with van der Waals surface area (Å²) >= 11 is 0. The first kappa shape index (κ1) is 9.95. The smallest absolute Gasteiger partial charge is 0.126 e. The van der Waals surface area contributed by atoms with E-state index in [1.54, 1.807) is 6.20 Å². The molecule has 0 aliphatic heterocycles. The Hall–Kier alpha value is -1.05. The topological polar surface area (TPSA) is 38.9 Å². The van der Waals surface area contributed by atoms with Gasteiger partial charge in [0.05, 0.1) is 0 Å².